The highest BCUT2D eigenvalue weighted by atomic mass is 16.5. The number of fused-ring (bicyclic) bond motifs is 1. The van der Waals surface area contributed by atoms with Gasteiger partial charge in [0.25, 0.3) is 5.91 Å². The Bertz CT molecular complexity index is 944. The van der Waals surface area contributed by atoms with Crippen molar-refractivity contribution in [3.8, 4) is 17.1 Å². The van der Waals surface area contributed by atoms with E-state index in [0.29, 0.717) is 18.9 Å². The molecule has 7 heteroatoms. The van der Waals surface area contributed by atoms with E-state index in [1.165, 1.54) is 5.56 Å². The van der Waals surface area contributed by atoms with Crippen molar-refractivity contribution in [2.75, 3.05) is 13.2 Å². The van der Waals surface area contributed by atoms with Gasteiger partial charge in [0.15, 0.2) is 11.5 Å². The maximum Gasteiger partial charge on any atom is 0.273 e. The highest BCUT2D eigenvalue weighted by molar-refractivity contribution is 5.93. The van der Waals surface area contributed by atoms with Gasteiger partial charge in [0, 0.05) is 31.3 Å². The summed E-state index contributed by atoms with van der Waals surface area (Å²) in [5.41, 5.74) is 3.22. The zero-order valence-electron chi connectivity index (χ0n) is 14.7. The van der Waals surface area contributed by atoms with Gasteiger partial charge in [-0.1, -0.05) is 23.4 Å². The smallest absolute Gasteiger partial charge is 0.273 e. The van der Waals surface area contributed by atoms with E-state index in [1.54, 1.807) is 16.9 Å². The molecule has 7 nitrogen and oxygen atoms in total. The van der Waals surface area contributed by atoms with Gasteiger partial charge < -0.3 is 14.6 Å². The molecular formula is C19H20N4O3. The third kappa shape index (κ3) is 3.08. The summed E-state index contributed by atoms with van der Waals surface area (Å²) < 4.78 is 12.8. The number of benzene rings is 1. The molecule has 134 valence electrons. The summed E-state index contributed by atoms with van der Waals surface area (Å²) in [4.78, 5) is 12.4. The van der Waals surface area contributed by atoms with Gasteiger partial charge in [-0.05, 0) is 25.0 Å². The summed E-state index contributed by atoms with van der Waals surface area (Å²) in [5.74, 6) is 1.46. The highest BCUT2D eigenvalue weighted by Crippen LogP contribution is 2.26. The molecular weight excluding hydrogens is 332 g/mol. The fourth-order valence-corrected chi connectivity index (χ4v) is 3.10. The Hall–Kier alpha value is -3.09. The number of nitrogens with zero attached hydrogens (tertiary/aromatic N) is 3. The number of para-hydroxylation sites is 1. The van der Waals surface area contributed by atoms with Crippen LogP contribution in [0.2, 0.25) is 0 Å². The van der Waals surface area contributed by atoms with Gasteiger partial charge in [-0.2, -0.15) is 5.10 Å². The number of carbonyl (C=O) groups excluding carboxylic acids is 1. The number of nitrogens with one attached hydrogen (secondary N) is 1. The minimum Gasteiger partial charge on any atom is -0.493 e. The van der Waals surface area contributed by atoms with Crippen molar-refractivity contribution >= 4 is 5.91 Å². The predicted octanol–water partition coefficient (Wildman–Crippen LogP) is 2.36. The van der Waals surface area contributed by atoms with Gasteiger partial charge in [-0.25, -0.2) is 0 Å². The molecule has 1 aliphatic heterocycles. The van der Waals surface area contributed by atoms with Crippen LogP contribution < -0.4 is 10.1 Å². The number of rotatable bonds is 4. The molecule has 0 radical (unpaired) electrons. The predicted molar refractivity (Wildman–Crippen MR) is 94.9 cm³/mol. The summed E-state index contributed by atoms with van der Waals surface area (Å²) in [7, 11) is 1.85. The van der Waals surface area contributed by atoms with Crippen LogP contribution in [-0.4, -0.2) is 34.0 Å². The van der Waals surface area contributed by atoms with Crippen molar-refractivity contribution in [3.05, 3.63) is 53.5 Å². The summed E-state index contributed by atoms with van der Waals surface area (Å²) in [6.45, 7) is 3.06. The van der Waals surface area contributed by atoms with Crippen molar-refractivity contribution in [2.24, 2.45) is 13.0 Å². The van der Waals surface area contributed by atoms with Gasteiger partial charge in [-0.3, -0.25) is 9.48 Å². The standard InChI is InChI=1S/C19H20N4O3/c1-12-15(10-21-23(12)2)18-8-16(22-26-18)19(24)20-9-13-7-14-5-3-4-6-17(14)25-11-13/h3-6,8,10,13H,7,9,11H2,1-2H3,(H,20,24). The van der Waals surface area contributed by atoms with Crippen LogP contribution in [0.1, 0.15) is 21.7 Å². The van der Waals surface area contributed by atoms with E-state index in [2.05, 4.69) is 21.6 Å². The molecule has 1 aliphatic rings. The third-order valence-corrected chi connectivity index (χ3v) is 4.75. The summed E-state index contributed by atoms with van der Waals surface area (Å²) in [6, 6.07) is 9.64. The fourth-order valence-electron chi connectivity index (χ4n) is 3.10. The normalized spacial score (nSPS) is 16.0. The Kier molecular flexibility index (Phi) is 4.20. The lowest BCUT2D eigenvalue weighted by atomic mass is 9.97. The first-order valence-corrected chi connectivity index (χ1v) is 8.56. The van der Waals surface area contributed by atoms with E-state index in [-0.39, 0.29) is 17.5 Å². The molecule has 3 aromatic rings. The molecule has 0 spiro atoms. The van der Waals surface area contributed by atoms with Crippen molar-refractivity contribution in [1.82, 2.24) is 20.3 Å². The first-order valence-electron chi connectivity index (χ1n) is 8.56. The van der Waals surface area contributed by atoms with E-state index >= 15 is 0 Å². The molecule has 0 saturated heterocycles. The van der Waals surface area contributed by atoms with Gasteiger partial charge in [-0.15, -0.1) is 0 Å². The average Bonchev–Trinajstić information content (AvgIpc) is 3.27. The number of ether oxygens (including phenoxy) is 1. The van der Waals surface area contributed by atoms with Crippen LogP contribution in [0, 0.1) is 12.8 Å². The van der Waals surface area contributed by atoms with Crippen molar-refractivity contribution in [2.45, 2.75) is 13.3 Å². The monoisotopic (exact) mass is 352 g/mol. The second kappa shape index (κ2) is 6.67. The zero-order valence-corrected chi connectivity index (χ0v) is 14.7. The molecule has 1 amide bonds. The molecule has 0 fully saturated rings. The number of carbonyl (C=O) groups is 1. The Morgan fingerprint density at radius 1 is 1.38 bits per heavy atom. The topological polar surface area (TPSA) is 82.2 Å². The van der Waals surface area contributed by atoms with Gasteiger partial charge >= 0.3 is 0 Å². The van der Waals surface area contributed by atoms with Crippen LogP contribution in [0.3, 0.4) is 0 Å². The van der Waals surface area contributed by atoms with E-state index in [9.17, 15) is 4.79 Å². The van der Waals surface area contributed by atoms with Crippen molar-refractivity contribution < 1.29 is 14.1 Å². The largest absolute Gasteiger partial charge is 0.493 e. The quantitative estimate of drug-likeness (QED) is 0.779. The second-order valence-electron chi connectivity index (χ2n) is 6.54. The summed E-state index contributed by atoms with van der Waals surface area (Å²) in [5, 5.41) is 11.0. The van der Waals surface area contributed by atoms with E-state index in [4.69, 9.17) is 9.26 Å². The molecule has 4 rings (SSSR count). The van der Waals surface area contributed by atoms with Crippen LogP contribution in [0.4, 0.5) is 0 Å². The van der Waals surface area contributed by atoms with Crippen LogP contribution in [0.15, 0.2) is 41.1 Å². The first kappa shape index (κ1) is 16.4. The second-order valence-corrected chi connectivity index (χ2v) is 6.54. The Labute approximate surface area is 150 Å². The average molecular weight is 352 g/mol. The number of aryl methyl sites for hydroxylation is 1. The zero-order chi connectivity index (χ0) is 18.1. The van der Waals surface area contributed by atoms with E-state index in [0.717, 1.165) is 23.4 Å². The van der Waals surface area contributed by atoms with Crippen LogP contribution in [0.5, 0.6) is 5.75 Å². The lowest BCUT2D eigenvalue weighted by Crippen LogP contribution is -2.34. The van der Waals surface area contributed by atoms with Gasteiger partial charge in [0.1, 0.15) is 5.75 Å². The van der Waals surface area contributed by atoms with E-state index in [1.807, 2.05) is 32.2 Å². The van der Waals surface area contributed by atoms with Crippen molar-refractivity contribution in [3.63, 3.8) is 0 Å². The molecule has 2 aromatic heterocycles. The number of hydrogen-bond acceptors (Lipinski definition) is 5. The maximum absolute atomic E-state index is 12.4. The highest BCUT2D eigenvalue weighted by Gasteiger charge is 2.21. The molecule has 0 bridgehead atoms. The molecule has 0 aliphatic carbocycles. The SMILES string of the molecule is Cc1c(-c2cc(C(=O)NCC3COc4ccccc4C3)no2)cnn1C. The number of aromatic nitrogens is 3. The van der Waals surface area contributed by atoms with Crippen LogP contribution in [-0.2, 0) is 13.5 Å². The first-order chi connectivity index (χ1) is 12.6. The molecule has 1 aromatic carbocycles. The van der Waals surface area contributed by atoms with Crippen molar-refractivity contribution in [1.29, 1.82) is 0 Å². The molecule has 26 heavy (non-hydrogen) atoms. The maximum atomic E-state index is 12.4. The lowest BCUT2D eigenvalue weighted by Gasteiger charge is -2.25. The Morgan fingerprint density at radius 3 is 3.04 bits per heavy atom. The molecule has 1 unspecified atom stereocenters. The third-order valence-electron chi connectivity index (χ3n) is 4.75. The summed E-state index contributed by atoms with van der Waals surface area (Å²) >= 11 is 0. The summed E-state index contributed by atoms with van der Waals surface area (Å²) in [6.07, 6.45) is 2.59. The number of amides is 1. The van der Waals surface area contributed by atoms with Crippen LogP contribution in [0.25, 0.3) is 11.3 Å². The Morgan fingerprint density at radius 2 is 2.23 bits per heavy atom. The lowest BCUT2D eigenvalue weighted by molar-refractivity contribution is 0.0930. The molecule has 0 saturated carbocycles. The minimum absolute atomic E-state index is 0.237. The minimum atomic E-state index is -0.250. The molecule has 1 atom stereocenters. The molecule has 1 N–H and O–H groups in total. The van der Waals surface area contributed by atoms with E-state index < -0.39 is 0 Å². The van der Waals surface area contributed by atoms with Gasteiger partial charge in [0.2, 0.25) is 0 Å². The number of hydrogen-bond donors (Lipinski definition) is 1. The Balaban J connectivity index is 1.38. The molecule has 3 heterocycles. The fraction of sp³-hybridized carbons (Fsp3) is 0.316. The van der Waals surface area contributed by atoms with Crippen LogP contribution >= 0.6 is 0 Å². The van der Waals surface area contributed by atoms with Gasteiger partial charge in [0.05, 0.1) is 18.4 Å².